The first-order valence-corrected chi connectivity index (χ1v) is 3.07. The van der Waals surface area contributed by atoms with Crippen LogP contribution in [0.4, 0.5) is 4.39 Å². The van der Waals surface area contributed by atoms with Crippen molar-refractivity contribution in [3.63, 3.8) is 0 Å². The molecule has 11 heavy (non-hydrogen) atoms. The van der Waals surface area contributed by atoms with E-state index in [1.807, 2.05) is 0 Å². The maximum atomic E-state index is 12.7. The molecule has 0 aliphatic carbocycles. The molecule has 0 aromatic heterocycles. The molecule has 0 bridgehead atoms. The molecule has 0 amide bonds. The number of benzene rings is 1. The van der Waals surface area contributed by atoms with Crippen molar-refractivity contribution in [3.05, 3.63) is 30.1 Å². The van der Waals surface area contributed by atoms with Gasteiger partial charge in [0.15, 0.2) is 11.6 Å². The number of ether oxygens (including phenoxy) is 1. The van der Waals surface area contributed by atoms with Crippen LogP contribution in [0, 0.1) is 24.2 Å². The first kappa shape index (κ1) is 7.62. The van der Waals surface area contributed by atoms with Gasteiger partial charge in [0.25, 0.3) is 0 Å². The molecule has 0 fully saturated rings. The SMILES string of the molecule is C#CCOc1ccc[c]c1F. The van der Waals surface area contributed by atoms with E-state index in [2.05, 4.69) is 12.0 Å². The van der Waals surface area contributed by atoms with Gasteiger partial charge in [-0.05, 0) is 6.07 Å². The van der Waals surface area contributed by atoms with Crippen LogP contribution >= 0.6 is 0 Å². The van der Waals surface area contributed by atoms with E-state index in [9.17, 15) is 4.39 Å². The highest BCUT2D eigenvalue weighted by Crippen LogP contribution is 2.13. The molecular formula is C9H6FO. The Hall–Kier alpha value is -1.49. The van der Waals surface area contributed by atoms with E-state index in [1.54, 1.807) is 6.07 Å². The van der Waals surface area contributed by atoms with Crippen LogP contribution in [0.5, 0.6) is 5.75 Å². The zero-order chi connectivity index (χ0) is 8.10. The minimum Gasteiger partial charge on any atom is -0.478 e. The highest BCUT2D eigenvalue weighted by molar-refractivity contribution is 5.23. The summed E-state index contributed by atoms with van der Waals surface area (Å²) in [4.78, 5) is 0. The highest BCUT2D eigenvalue weighted by atomic mass is 19.1. The Morgan fingerprint density at radius 2 is 2.55 bits per heavy atom. The molecule has 1 nitrogen and oxygen atoms in total. The van der Waals surface area contributed by atoms with Crippen molar-refractivity contribution < 1.29 is 9.13 Å². The molecule has 2 heteroatoms. The van der Waals surface area contributed by atoms with E-state index in [-0.39, 0.29) is 12.4 Å². The monoisotopic (exact) mass is 149 g/mol. The molecule has 0 N–H and O–H groups in total. The van der Waals surface area contributed by atoms with Gasteiger partial charge in [-0.1, -0.05) is 18.1 Å². The molecule has 0 unspecified atom stereocenters. The molecule has 1 radical (unpaired) electrons. The summed E-state index contributed by atoms with van der Waals surface area (Å²) in [7, 11) is 0. The summed E-state index contributed by atoms with van der Waals surface area (Å²) in [6.07, 6.45) is 4.92. The molecule has 1 aromatic carbocycles. The molecular weight excluding hydrogens is 143 g/mol. The number of rotatable bonds is 2. The fourth-order valence-electron chi connectivity index (χ4n) is 0.632. The van der Waals surface area contributed by atoms with Gasteiger partial charge in [-0.3, -0.25) is 0 Å². The van der Waals surface area contributed by atoms with Crippen LogP contribution in [0.1, 0.15) is 0 Å². The van der Waals surface area contributed by atoms with Crippen LogP contribution in [-0.4, -0.2) is 6.61 Å². The van der Waals surface area contributed by atoms with Gasteiger partial charge in [-0.25, -0.2) is 4.39 Å². The van der Waals surface area contributed by atoms with Crippen LogP contribution in [0.2, 0.25) is 0 Å². The Labute approximate surface area is 64.8 Å². The first-order chi connectivity index (χ1) is 5.34. The molecule has 0 aliphatic rings. The van der Waals surface area contributed by atoms with Gasteiger partial charge in [0.1, 0.15) is 6.61 Å². The molecule has 0 saturated heterocycles. The predicted molar refractivity (Wildman–Crippen MR) is 39.6 cm³/mol. The lowest BCUT2D eigenvalue weighted by Crippen LogP contribution is -1.95. The molecule has 1 rings (SSSR count). The minimum atomic E-state index is -0.511. The third-order valence-corrected chi connectivity index (χ3v) is 1.08. The molecule has 55 valence electrons. The second-order valence-electron chi connectivity index (χ2n) is 1.84. The second kappa shape index (κ2) is 3.62. The highest BCUT2D eigenvalue weighted by Gasteiger charge is 1.98. The van der Waals surface area contributed by atoms with Gasteiger partial charge in [-0.15, -0.1) is 6.42 Å². The maximum Gasteiger partial charge on any atom is 0.173 e. The molecule has 0 atom stereocenters. The summed E-state index contributed by atoms with van der Waals surface area (Å²) in [6, 6.07) is 6.96. The normalized spacial score (nSPS) is 8.73. The van der Waals surface area contributed by atoms with Crippen LogP contribution in [0.15, 0.2) is 18.2 Å². The van der Waals surface area contributed by atoms with Crippen molar-refractivity contribution in [3.8, 4) is 18.1 Å². The van der Waals surface area contributed by atoms with E-state index in [0.29, 0.717) is 0 Å². The van der Waals surface area contributed by atoms with E-state index in [0.717, 1.165) is 0 Å². The fraction of sp³-hybridized carbons (Fsp3) is 0.111. The molecule has 0 saturated carbocycles. The predicted octanol–water partition coefficient (Wildman–Crippen LogP) is 1.64. The summed E-state index contributed by atoms with van der Waals surface area (Å²) in [5.74, 6) is 1.87. The van der Waals surface area contributed by atoms with Crippen molar-refractivity contribution in [2.75, 3.05) is 6.61 Å². The Morgan fingerprint density at radius 3 is 3.18 bits per heavy atom. The standard InChI is InChI=1S/C9H6FO/c1-2-7-11-9-6-4-3-5-8(9)10/h1,3-4,6H,7H2. The minimum absolute atomic E-state index is 0.0781. The van der Waals surface area contributed by atoms with Gasteiger partial charge in [0.2, 0.25) is 0 Å². The number of terminal acetylenes is 1. The Bertz CT molecular complexity index is 275. The van der Waals surface area contributed by atoms with E-state index in [4.69, 9.17) is 11.2 Å². The van der Waals surface area contributed by atoms with Gasteiger partial charge in [0, 0.05) is 6.07 Å². The third-order valence-electron chi connectivity index (χ3n) is 1.08. The summed E-state index contributed by atoms with van der Waals surface area (Å²) in [6.45, 7) is 0.0781. The van der Waals surface area contributed by atoms with Crippen LogP contribution < -0.4 is 4.74 Å². The summed E-state index contributed by atoms with van der Waals surface area (Å²) in [5.41, 5.74) is 0. The van der Waals surface area contributed by atoms with Crippen LogP contribution in [-0.2, 0) is 0 Å². The van der Waals surface area contributed by atoms with Gasteiger partial charge < -0.3 is 4.74 Å². The van der Waals surface area contributed by atoms with Gasteiger partial charge >= 0.3 is 0 Å². The quantitative estimate of drug-likeness (QED) is 0.581. The third kappa shape index (κ3) is 1.98. The van der Waals surface area contributed by atoms with Crippen molar-refractivity contribution in [1.29, 1.82) is 0 Å². The van der Waals surface area contributed by atoms with Crippen LogP contribution in [0.25, 0.3) is 0 Å². The van der Waals surface area contributed by atoms with Crippen molar-refractivity contribution >= 4 is 0 Å². The average molecular weight is 149 g/mol. The van der Waals surface area contributed by atoms with Gasteiger partial charge in [-0.2, -0.15) is 0 Å². The lowest BCUT2D eigenvalue weighted by atomic mass is 10.3. The zero-order valence-electron chi connectivity index (χ0n) is 5.80. The Morgan fingerprint density at radius 1 is 1.73 bits per heavy atom. The molecule has 1 aromatic rings. The van der Waals surface area contributed by atoms with E-state index >= 15 is 0 Å². The Balaban J connectivity index is 2.71. The van der Waals surface area contributed by atoms with Crippen LogP contribution in [0.3, 0.4) is 0 Å². The van der Waals surface area contributed by atoms with E-state index in [1.165, 1.54) is 12.1 Å². The largest absolute Gasteiger partial charge is 0.478 e. The van der Waals surface area contributed by atoms with Crippen molar-refractivity contribution in [2.24, 2.45) is 0 Å². The molecule has 0 aliphatic heterocycles. The van der Waals surface area contributed by atoms with Crippen molar-refractivity contribution in [1.82, 2.24) is 0 Å². The zero-order valence-corrected chi connectivity index (χ0v) is 5.80. The summed E-state index contributed by atoms with van der Waals surface area (Å²) in [5, 5.41) is 0. The summed E-state index contributed by atoms with van der Waals surface area (Å²) < 4.78 is 17.5. The average Bonchev–Trinajstić information content (AvgIpc) is 2.03. The number of halogens is 1. The molecule has 0 spiro atoms. The lowest BCUT2D eigenvalue weighted by Gasteiger charge is -2.00. The molecule has 0 heterocycles. The number of hydrogen-bond acceptors (Lipinski definition) is 1. The first-order valence-electron chi connectivity index (χ1n) is 3.07. The summed E-state index contributed by atoms with van der Waals surface area (Å²) >= 11 is 0. The van der Waals surface area contributed by atoms with Crippen molar-refractivity contribution in [2.45, 2.75) is 0 Å². The van der Waals surface area contributed by atoms with Gasteiger partial charge in [0.05, 0.1) is 0 Å². The number of hydrogen-bond donors (Lipinski definition) is 0. The van der Waals surface area contributed by atoms with E-state index < -0.39 is 5.82 Å². The second-order valence-corrected chi connectivity index (χ2v) is 1.84. The Kier molecular flexibility index (Phi) is 2.51. The lowest BCUT2D eigenvalue weighted by molar-refractivity contribution is 0.348. The topological polar surface area (TPSA) is 9.23 Å². The fourth-order valence-corrected chi connectivity index (χ4v) is 0.632. The maximum absolute atomic E-state index is 12.7. The smallest absolute Gasteiger partial charge is 0.173 e.